The Kier molecular flexibility index (Phi) is 2.84. The molecule has 0 aliphatic carbocycles. The maximum atomic E-state index is 13.7. The van der Waals surface area contributed by atoms with E-state index in [4.69, 9.17) is 0 Å². The molecule has 0 spiro atoms. The van der Waals surface area contributed by atoms with Gasteiger partial charge in [-0.2, -0.15) is 0 Å². The molecular weight excluding hydrogens is 265 g/mol. The average molecular weight is 276 g/mol. The van der Waals surface area contributed by atoms with Gasteiger partial charge in [-0.15, -0.1) is 0 Å². The summed E-state index contributed by atoms with van der Waals surface area (Å²) in [6.45, 7) is 0.802. The number of phenols is 2. The minimum absolute atomic E-state index is 0.152. The smallest absolute Gasteiger partial charge is 0.165 e. The summed E-state index contributed by atoms with van der Waals surface area (Å²) in [5.74, 6) is -1.17. The van der Waals surface area contributed by atoms with Crippen LogP contribution >= 0.6 is 15.9 Å². The minimum atomic E-state index is -0.510. The van der Waals surface area contributed by atoms with Gasteiger partial charge in [-0.1, -0.05) is 0 Å². The zero-order valence-electron chi connectivity index (χ0n) is 7.93. The Bertz CT molecular complexity index is 365. The Morgan fingerprint density at radius 3 is 2.80 bits per heavy atom. The Morgan fingerprint density at radius 2 is 2.20 bits per heavy atom. The number of benzene rings is 1. The molecule has 1 saturated heterocycles. The molecular formula is C10H11BrFNO2. The molecule has 0 bridgehead atoms. The lowest BCUT2D eigenvalue weighted by atomic mass is 10.0. The normalized spacial score (nSPS) is 20.8. The molecule has 5 heteroatoms. The van der Waals surface area contributed by atoms with E-state index in [9.17, 15) is 14.6 Å². The van der Waals surface area contributed by atoms with Crippen LogP contribution in [0.5, 0.6) is 11.5 Å². The second-order valence-electron chi connectivity index (χ2n) is 3.60. The molecule has 1 aliphatic heterocycles. The molecule has 0 radical (unpaired) electrons. The summed E-state index contributed by atoms with van der Waals surface area (Å²) in [5.41, 5.74) is 0.152. The molecule has 0 aromatic heterocycles. The third-order valence-electron chi connectivity index (χ3n) is 2.62. The van der Waals surface area contributed by atoms with Gasteiger partial charge in [0.05, 0.1) is 10.0 Å². The van der Waals surface area contributed by atoms with Crippen molar-refractivity contribution in [1.29, 1.82) is 0 Å². The molecule has 0 saturated carbocycles. The highest BCUT2D eigenvalue weighted by Crippen LogP contribution is 2.41. The minimum Gasteiger partial charge on any atom is -0.504 e. The van der Waals surface area contributed by atoms with Crippen LogP contribution in [0.25, 0.3) is 0 Å². The first-order valence-corrected chi connectivity index (χ1v) is 5.53. The second-order valence-corrected chi connectivity index (χ2v) is 4.46. The van der Waals surface area contributed by atoms with E-state index in [2.05, 4.69) is 21.2 Å². The van der Waals surface area contributed by atoms with Crippen LogP contribution in [0.3, 0.4) is 0 Å². The van der Waals surface area contributed by atoms with E-state index in [1.165, 1.54) is 0 Å². The summed E-state index contributed by atoms with van der Waals surface area (Å²) < 4.78 is 13.9. The van der Waals surface area contributed by atoms with Gasteiger partial charge in [0.1, 0.15) is 5.82 Å². The summed E-state index contributed by atoms with van der Waals surface area (Å²) in [5, 5.41) is 22.1. The van der Waals surface area contributed by atoms with Crippen molar-refractivity contribution < 1.29 is 14.6 Å². The summed E-state index contributed by atoms with van der Waals surface area (Å²) in [4.78, 5) is 0. The van der Waals surface area contributed by atoms with Crippen LogP contribution in [0.2, 0.25) is 0 Å². The van der Waals surface area contributed by atoms with E-state index in [0.717, 1.165) is 25.5 Å². The van der Waals surface area contributed by atoms with Gasteiger partial charge in [-0.3, -0.25) is 0 Å². The monoisotopic (exact) mass is 275 g/mol. The number of rotatable bonds is 1. The van der Waals surface area contributed by atoms with E-state index >= 15 is 0 Å². The van der Waals surface area contributed by atoms with E-state index < -0.39 is 5.82 Å². The molecule has 15 heavy (non-hydrogen) atoms. The van der Waals surface area contributed by atoms with Gasteiger partial charge in [0.25, 0.3) is 0 Å². The maximum absolute atomic E-state index is 13.7. The van der Waals surface area contributed by atoms with Crippen LogP contribution in [0.4, 0.5) is 4.39 Å². The topological polar surface area (TPSA) is 52.5 Å². The predicted molar refractivity (Wildman–Crippen MR) is 57.4 cm³/mol. The van der Waals surface area contributed by atoms with Crippen LogP contribution in [0.1, 0.15) is 24.4 Å². The zero-order valence-corrected chi connectivity index (χ0v) is 9.51. The zero-order chi connectivity index (χ0) is 11.0. The van der Waals surface area contributed by atoms with E-state index in [0.29, 0.717) is 0 Å². The summed E-state index contributed by atoms with van der Waals surface area (Å²) in [7, 11) is 0. The fraction of sp³-hybridized carbons (Fsp3) is 0.400. The van der Waals surface area contributed by atoms with E-state index in [-0.39, 0.29) is 27.6 Å². The summed E-state index contributed by atoms with van der Waals surface area (Å²) in [6.07, 6.45) is 1.71. The Balaban J connectivity index is 2.52. The van der Waals surface area contributed by atoms with Gasteiger partial charge in [0.2, 0.25) is 0 Å². The highest BCUT2D eigenvalue weighted by molar-refractivity contribution is 9.10. The summed E-state index contributed by atoms with van der Waals surface area (Å²) >= 11 is 3.00. The SMILES string of the molecule is Oc1cc(Br)c(F)c(C2CCCN2)c1O. The molecule has 2 rings (SSSR count). The average Bonchev–Trinajstić information content (AvgIpc) is 2.69. The van der Waals surface area contributed by atoms with Crippen molar-refractivity contribution in [2.45, 2.75) is 18.9 Å². The third-order valence-corrected chi connectivity index (χ3v) is 3.19. The molecule has 0 amide bonds. The lowest BCUT2D eigenvalue weighted by Gasteiger charge is -2.15. The van der Waals surface area contributed by atoms with Crippen molar-refractivity contribution >= 4 is 15.9 Å². The van der Waals surface area contributed by atoms with Crippen molar-refractivity contribution in [3.05, 3.63) is 21.9 Å². The molecule has 3 N–H and O–H groups in total. The third kappa shape index (κ3) is 1.81. The van der Waals surface area contributed by atoms with Crippen molar-refractivity contribution in [3.8, 4) is 11.5 Å². The van der Waals surface area contributed by atoms with Gasteiger partial charge < -0.3 is 15.5 Å². The quantitative estimate of drug-likeness (QED) is 0.690. The molecule has 1 unspecified atom stereocenters. The van der Waals surface area contributed by atoms with Crippen LogP contribution < -0.4 is 5.32 Å². The Morgan fingerprint density at radius 1 is 1.47 bits per heavy atom. The van der Waals surface area contributed by atoms with E-state index in [1.54, 1.807) is 0 Å². The largest absolute Gasteiger partial charge is 0.504 e. The lowest BCUT2D eigenvalue weighted by molar-refractivity contribution is 0.385. The Hall–Kier alpha value is -0.810. The standard InChI is InChI=1S/C10H11BrFNO2/c11-5-4-7(14)10(15)8(9(5)12)6-2-1-3-13-6/h4,6,13-15H,1-3H2. The number of aromatic hydroxyl groups is 2. The summed E-state index contributed by atoms with van der Waals surface area (Å²) in [6, 6.07) is 0.941. The fourth-order valence-electron chi connectivity index (χ4n) is 1.87. The first kappa shape index (κ1) is 10.7. The van der Waals surface area contributed by atoms with Crippen molar-refractivity contribution in [2.75, 3.05) is 6.54 Å². The molecule has 1 atom stereocenters. The van der Waals surface area contributed by atoms with Crippen LogP contribution in [-0.2, 0) is 0 Å². The fourth-order valence-corrected chi connectivity index (χ4v) is 2.30. The number of phenolic OH excluding ortho intramolecular Hbond substituents is 2. The molecule has 1 heterocycles. The highest BCUT2D eigenvalue weighted by atomic mass is 79.9. The van der Waals surface area contributed by atoms with Crippen LogP contribution in [0, 0.1) is 5.82 Å². The molecule has 1 fully saturated rings. The predicted octanol–water partition coefficient (Wildman–Crippen LogP) is 2.42. The number of hydrogen-bond donors (Lipinski definition) is 3. The highest BCUT2D eigenvalue weighted by Gasteiger charge is 2.26. The van der Waals surface area contributed by atoms with Crippen LogP contribution in [-0.4, -0.2) is 16.8 Å². The number of halogens is 2. The number of nitrogens with one attached hydrogen (secondary N) is 1. The van der Waals surface area contributed by atoms with Gasteiger partial charge in [-0.05, 0) is 35.3 Å². The van der Waals surface area contributed by atoms with Gasteiger partial charge in [-0.25, -0.2) is 4.39 Å². The first-order chi connectivity index (χ1) is 7.11. The van der Waals surface area contributed by atoms with Crippen molar-refractivity contribution in [3.63, 3.8) is 0 Å². The number of hydrogen-bond acceptors (Lipinski definition) is 3. The molecule has 82 valence electrons. The van der Waals surface area contributed by atoms with Crippen molar-refractivity contribution in [2.24, 2.45) is 0 Å². The van der Waals surface area contributed by atoms with Gasteiger partial charge in [0, 0.05) is 12.1 Å². The van der Waals surface area contributed by atoms with Crippen LogP contribution in [0.15, 0.2) is 10.5 Å². The molecule has 1 aromatic rings. The van der Waals surface area contributed by atoms with Gasteiger partial charge >= 0.3 is 0 Å². The molecule has 1 aromatic carbocycles. The van der Waals surface area contributed by atoms with Crippen molar-refractivity contribution in [1.82, 2.24) is 5.32 Å². The Labute approximate surface area is 95.1 Å². The maximum Gasteiger partial charge on any atom is 0.165 e. The molecule has 1 aliphatic rings. The van der Waals surface area contributed by atoms with E-state index in [1.807, 2.05) is 0 Å². The first-order valence-electron chi connectivity index (χ1n) is 4.74. The van der Waals surface area contributed by atoms with Gasteiger partial charge in [0.15, 0.2) is 11.5 Å². The lowest BCUT2D eigenvalue weighted by Crippen LogP contribution is -2.14. The molecule has 3 nitrogen and oxygen atoms in total. The second kappa shape index (κ2) is 3.98.